The van der Waals surface area contributed by atoms with Crippen LogP contribution in [0.5, 0.6) is 5.75 Å². The third-order valence-electron chi connectivity index (χ3n) is 5.60. The number of hydrogen-bond acceptors (Lipinski definition) is 5. The predicted octanol–water partition coefficient (Wildman–Crippen LogP) is 6.94. The van der Waals surface area contributed by atoms with Gasteiger partial charge in [0.15, 0.2) is 0 Å². The maximum absolute atomic E-state index is 14.5. The average molecular weight is 533 g/mol. The van der Waals surface area contributed by atoms with Gasteiger partial charge < -0.3 is 15.4 Å². The lowest BCUT2D eigenvalue weighted by Gasteiger charge is -2.12. The van der Waals surface area contributed by atoms with Crippen molar-refractivity contribution >= 4 is 23.1 Å². The Morgan fingerprint density at radius 3 is 2.58 bits per heavy atom. The maximum Gasteiger partial charge on any atom is 0.149 e. The Kier molecular flexibility index (Phi) is 8.90. The molecule has 0 spiro atoms. The highest BCUT2D eigenvalue weighted by Gasteiger charge is 2.10. The highest BCUT2D eigenvalue weighted by Crippen LogP contribution is 2.30. The number of aryl methyl sites for hydroxylation is 1. The maximum atomic E-state index is 14.5. The van der Waals surface area contributed by atoms with Gasteiger partial charge >= 0.3 is 0 Å². The van der Waals surface area contributed by atoms with Crippen molar-refractivity contribution in [3.8, 4) is 17.6 Å². The minimum atomic E-state index is -0.322. The molecule has 0 fully saturated rings. The van der Waals surface area contributed by atoms with Crippen LogP contribution in [0.2, 0.25) is 5.02 Å². The van der Waals surface area contributed by atoms with Crippen LogP contribution < -0.4 is 15.4 Å². The molecule has 0 aliphatic carbocycles. The van der Waals surface area contributed by atoms with Gasteiger partial charge in [-0.15, -0.1) is 0 Å². The van der Waals surface area contributed by atoms with Crippen LogP contribution in [0.4, 0.5) is 20.3 Å². The number of aromatic nitrogens is 2. The molecule has 0 bridgehead atoms. The molecular weight excluding hydrogens is 506 g/mol. The van der Waals surface area contributed by atoms with Crippen molar-refractivity contribution in [2.75, 3.05) is 5.32 Å². The van der Waals surface area contributed by atoms with Crippen LogP contribution in [0, 0.1) is 30.4 Å². The molecule has 0 saturated heterocycles. The molecule has 0 aliphatic rings. The first-order valence-corrected chi connectivity index (χ1v) is 12.5. The lowest BCUT2D eigenvalue weighted by molar-refractivity contribution is 0.306. The summed E-state index contributed by atoms with van der Waals surface area (Å²) < 4.78 is 33.7. The summed E-state index contributed by atoms with van der Waals surface area (Å²) in [5.41, 5.74) is 3.77. The van der Waals surface area contributed by atoms with Gasteiger partial charge in [0, 0.05) is 29.4 Å². The topological polar surface area (TPSA) is 59.1 Å². The molecule has 8 heteroatoms. The summed E-state index contributed by atoms with van der Waals surface area (Å²) in [5.74, 6) is 6.42. The predicted molar refractivity (Wildman–Crippen MR) is 147 cm³/mol. The smallest absolute Gasteiger partial charge is 0.149 e. The molecule has 38 heavy (non-hydrogen) atoms. The Labute approximate surface area is 226 Å². The zero-order valence-electron chi connectivity index (χ0n) is 21.3. The van der Waals surface area contributed by atoms with E-state index in [4.69, 9.17) is 16.3 Å². The molecule has 2 N–H and O–H groups in total. The van der Waals surface area contributed by atoms with Gasteiger partial charge in [-0.1, -0.05) is 55.5 Å². The van der Waals surface area contributed by atoms with E-state index in [0.29, 0.717) is 56.8 Å². The molecule has 0 atom stereocenters. The summed E-state index contributed by atoms with van der Waals surface area (Å²) in [5, 5.41) is 6.81. The third kappa shape index (κ3) is 7.28. The van der Waals surface area contributed by atoms with Crippen LogP contribution in [0.1, 0.15) is 41.8 Å². The molecule has 4 aromatic rings. The lowest BCUT2D eigenvalue weighted by atomic mass is 10.1. The largest absolute Gasteiger partial charge is 0.487 e. The number of nitrogens with zero attached hydrogens (tertiary/aromatic N) is 2. The zero-order valence-corrected chi connectivity index (χ0v) is 22.0. The second-order valence-electron chi connectivity index (χ2n) is 8.96. The normalized spacial score (nSPS) is 10.7. The molecule has 0 unspecified atom stereocenters. The van der Waals surface area contributed by atoms with Crippen LogP contribution >= 0.6 is 11.6 Å². The standard InChI is InChI=1S/C30H27ClF2N4O/c1-19(2)34-16-23-9-7-21(14-28(23)33)8-11-26-20(3)35-18-36-30(26)37-25-10-12-29(27(31)15-25)38-17-22-5-4-6-24(32)13-22/h4-7,9-10,12-15,18-19,34H,16-17H2,1-3H3,(H,35,36,37). The van der Waals surface area contributed by atoms with Gasteiger partial charge in [0.25, 0.3) is 0 Å². The van der Waals surface area contributed by atoms with E-state index in [0.717, 1.165) is 0 Å². The number of halogens is 3. The minimum Gasteiger partial charge on any atom is -0.487 e. The second kappa shape index (κ2) is 12.5. The van der Waals surface area contributed by atoms with Crippen molar-refractivity contribution in [1.82, 2.24) is 15.3 Å². The van der Waals surface area contributed by atoms with Crippen molar-refractivity contribution in [3.05, 3.63) is 112 Å². The molecule has 3 aromatic carbocycles. The number of hydrogen-bond donors (Lipinski definition) is 2. The summed E-state index contributed by atoms with van der Waals surface area (Å²) in [4.78, 5) is 8.59. The summed E-state index contributed by atoms with van der Waals surface area (Å²) in [6.07, 6.45) is 1.44. The van der Waals surface area contributed by atoms with Crippen LogP contribution in [0.3, 0.4) is 0 Å². The number of anilines is 2. The van der Waals surface area contributed by atoms with Gasteiger partial charge in [-0.2, -0.15) is 0 Å². The highest BCUT2D eigenvalue weighted by molar-refractivity contribution is 6.32. The van der Waals surface area contributed by atoms with Gasteiger partial charge in [-0.05, 0) is 55.0 Å². The quantitative estimate of drug-likeness (QED) is 0.241. The van der Waals surface area contributed by atoms with E-state index in [9.17, 15) is 8.78 Å². The number of ether oxygens (including phenoxy) is 1. The zero-order chi connectivity index (χ0) is 27.1. The van der Waals surface area contributed by atoms with Gasteiger partial charge in [0.05, 0.1) is 16.3 Å². The molecule has 0 aliphatic heterocycles. The van der Waals surface area contributed by atoms with Crippen LogP contribution in [0.25, 0.3) is 0 Å². The van der Waals surface area contributed by atoms with E-state index < -0.39 is 0 Å². The second-order valence-corrected chi connectivity index (χ2v) is 9.37. The Balaban J connectivity index is 1.49. The van der Waals surface area contributed by atoms with E-state index >= 15 is 0 Å². The fraction of sp³-hybridized carbons (Fsp3) is 0.200. The lowest BCUT2D eigenvalue weighted by Crippen LogP contribution is -2.22. The monoisotopic (exact) mass is 532 g/mol. The van der Waals surface area contributed by atoms with Gasteiger partial charge in [-0.25, -0.2) is 18.7 Å². The number of benzene rings is 3. The van der Waals surface area contributed by atoms with Crippen molar-refractivity contribution in [1.29, 1.82) is 0 Å². The minimum absolute atomic E-state index is 0.185. The van der Waals surface area contributed by atoms with E-state index in [1.807, 2.05) is 20.8 Å². The van der Waals surface area contributed by atoms with Crippen molar-refractivity contribution in [2.45, 2.75) is 40.0 Å². The number of nitrogens with one attached hydrogen (secondary N) is 2. The fourth-order valence-corrected chi connectivity index (χ4v) is 3.79. The molecule has 0 amide bonds. The van der Waals surface area contributed by atoms with E-state index in [2.05, 4.69) is 32.4 Å². The van der Waals surface area contributed by atoms with Crippen molar-refractivity contribution in [2.24, 2.45) is 0 Å². The average Bonchev–Trinajstić information content (AvgIpc) is 2.87. The fourth-order valence-electron chi connectivity index (χ4n) is 3.56. The van der Waals surface area contributed by atoms with E-state index in [1.165, 1.54) is 24.5 Å². The molecule has 1 aromatic heterocycles. The van der Waals surface area contributed by atoms with Crippen LogP contribution in [-0.2, 0) is 13.2 Å². The van der Waals surface area contributed by atoms with E-state index in [-0.39, 0.29) is 24.3 Å². The Morgan fingerprint density at radius 2 is 1.84 bits per heavy atom. The molecule has 1 heterocycles. The van der Waals surface area contributed by atoms with Crippen molar-refractivity contribution < 1.29 is 13.5 Å². The number of rotatable bonds is 8. The summed E-state index contributed by atoms with van der Waals surface area (Å²) in [6, 6.07) is 16.6. The molecule has 5 nitrogen and oxygen atoms in total. The summed E-state index contributed by atoms with van der Waals surface area (Å²) >= 11 is 6.43. The Bertz CT molecular complexity index is 1500. The molecule has 0 radical (unpaired) electrons. The van der Waals surface area contributed by atoms with Crippen LogP contribution in [-0.4, -0.2) is 16.0 Å². The molecule has 0 saturated carbocycles. The Morgan fingerprint density at radius 1 is 1.00 bits per heavy atom. The van der Waals surface area contributed by atoms with E-state index in [1.54, 1.807) is 42.5 Å². The van der Waals surface area contributed by atoms with Gasteiger partial charge in [-0.3, -0.25) is 0 Å². The Hall–Kier alpha value is -3.99. The summed E-state index contributed by atoms with van der Waals surface area (Å²) in [7, 11) is 0. The van der Waals surface area contributed by atoms with Crippen molar-refractivity contribution in [3.63, 3.8) is 0 Å². The van der Waals surface area contributed by atoms with Gasteiger partial charge in [0.2, 0.25) is 0 Å². The first kappa shape index (κ1) is 27.1. The summed E-state index contributed by atoms with van der Waals surface area (Å²) in [6.45, 7) is 6.49. The van der Waals surface area contributed by atoms with Crippen LogP contribution in [0.15, 0.2) is 67.0 Å². The highest BCUT2D eigenvalue weighted by atomic mass is 35.5. The van der Waals surface area contributed by atoms with Gasteiger partial charge in [0.1, 0.15) is 36.1 Å². The first-order chi connectivity index (χ1) is 18.3. The first-order valence-electron chi connectivity index (χ1n) is 12.1. The molecule has 4 rings (SSSR count). The third-order valence-corrected chi connectivity index (χ3v) is 5.90. The molecular formula is C30H27ClF2N4O. The SMILES string of the molecule is Cc1ncnc(Nc2ccc(OCc3cccc(F)c3)c(Cl)c2)c1C#Cc1ccc(CNC(C)C)c(F)c1. The molecule has 194 valence electrons.